The standard InChI is InChI=1S/C21H14N2O6/c1-28-17-4-2-3-16-19(24)15-10-7-13(11-18(15)29-20(16)17)22-21(25)12-5-8-14(9-6-12)23(26)27/h2-11H,1H3,(H,22,25). The van der Waals surface area contributed by atoms with Crippen LogP contribution in [0.25, 0.3) is 21.9 Å². The molecular weight excluding hydrogens is 376 g/mol. The quantitative estimate of drug-likeness (QED) is 0.319. The molecule has 0 fully saturated rings. The fraction of sp³-hybridized carbons (Fsp3) is 0.0476. The normalized spacial score (nSPS) is 10.8. The number of methoxy groups -OCH3 is 1. The Morgan fingerprint density at radius 1 is 1.07 bits per heavy atom. The molecule has 1 heterocycles. The first-order valence-electron chi connectivity index (χ1n) is 8.57. The van der Waals surface area contributed by atoms with Crippen LogP contribution in [0.1, 0.15) is 10.4 Å². The molecule has 0 bridgehead atoms. The van der Waals surface area contributed by atoms with Crippen molar-refractivity contribution in [1.29, 1.82) is 0 Å². The van der Waals surface area contributed by atoms with Gasteiger partial charge in [-0.15, -0.1) is 0 Å². The molecule has 144 valence electrons. The van der Waals surface area contributed by atoms with Crippen molar-refractivity contribution in [3.8, 4) is 5.75 Å². The van der Waals surface area contributed by atoms with Gasteiger partial charge in [-0.2, -0.15) is 0 Å². The van der Waals surface area contributed by atoms with Crippen LogP contribution in [0.3, 0.4) is 0 Å². The maximum Gasteiger partial charge on any atom is 0.269 e. The molecule has 1 N–H and O–H groups in total. The number of nitrogens with zero attached hydrogens (tertiary/aromatic N) is 1. The molecule has 0 aliphatic rings. The summed E-state index contributed by atoms with van der Waals surface area (Å²) in [7, 11) is 1.49. The van der Waals surface area contributed by atoms with Crippen LogP contribution < -0.4 is 15.5 Å². The smallest absolute Gasteiger partial charge is 0.269 e. The molecule has 0 saturated heterocycles. The molecular formula is C21H14N2O6. The van der Waals surface area contributed by atoms with Crippen LogP contribution in [0.5, 0.6) is 5.75 Å². The lowest BCUT2D eigenvalue weighted by atomic mass is 10.1. The number of rotatable bonds is 4. The number of benzene rings is 3. The average molecular weight is 390 g/mol. The van der Waals surface area contributed by atoms with Gasteiger partial charge in [0.25, 0.3) is 11.6 Å². The zero-order valence-electron chi connectivity index (χ0n) is 15.2. The minimum atomic E-state index is -0.536. The van der Waals surface area contributed by atoms with E-state index in [0.717, 1.165) is 0 Å². The summed E-state index contributed by atoms with van der Waals surface area (Å²) in [6.07, 6.45) is 0. The average Bonchev–Trinajstić information content (AvgIpc) is 2.73. The van der Waals surface area contributed by atoms with Crippen molar-refractivity contribution >= 4 is 39.2 Å². The van der Waals surface area contributed by atoms with Crippen LogP contribution in [0.15, 0.2) is 69.9 Å². The molecule has 8 nitrogen and oxygen atoms in total. The largest absolute Gasteiger partial charge is 0.493 e. The summed E-state index contributed by atoms with van der Waals surface area (Å²) >= 11 is 0. The molecule has 0 aliphatic heterocycles. The van der Waals surface area contributed by atoms with E-state index in [1.165, 1.54) is 31.4 Å². The zero-order chi connectivity index (χ0) is 20.5. The highest BCUT2D eigenvalue weighted by atomic mass is 16.6. The topological polar surface area (TPSA) is 112 Å². The predicted octanol–water partition coefficient (Wildman–Crippen LogP) is 4.12. The van der Waals surface area contributed by atoms with Gasteiger partial charge in [0, 0.05) is 29.4 Å². The van der Waals surface area contributed by atoms with Crippen LogP contribution in [-0.4, -0.2) is 17.9 Å². The number of carbonyl (C=O) groups excluding carboxylic acids is 1. The molecule has 8 heteroatoms. The van der Waals surface area contributed by atoms with E-state index < -0.39 is 10.8 Å². The molecule has 1 amide bonds. The van der Waals surface area contributed by atoms with E-state index in [9.17, 15) is 19.7 Å². The van der Waals surface area contributed by atoms with Crippen molar-refractivity contribution in [3.63, 3.8) is 0 Å². The first kappa shape index (κ1) is 18.2. The Labute approximate surface area is 163 Å². The molecule has 29 heavy (non-hydrogen) atoms. The molecule has 3 aromatic carbocycles. The van der Waals surface area contributed by atoms with Crippen molar-refractivity contribution in [3.05, 3.63) is 86.6 Å². The highest BCUT2D eigenvalue weighted by molar-refractivity contribution is 6.05. The number of hydrogen-bond donors (Lipinski definition) is 1. The summed E-state index contributed by atoms with van der Waals surface area (Å²) in [5, 5.41) is 14.2. The highest BCUT2D eigenvalue weighted by Crippen LogP contribution is 2.28. The third kappa shape index (κ3) is 3.27. The Balaban J connectivity index is 1.71. The fourth-order valence-electron chi connectivity index (χ4n) is 3.03. The number of non-ortho nitro benzene ring substituents is 1. The van der Waals surface area contributed by atoms with Gasteiger partial charge in [-0.1, -0.05) is 6.07 Å². The Morgan fingerprint density at radius 2 is 1.83 bits per heavy atom. The number of nitro benzene ring substituents is 1. The van der Waals surface area contributed by atoms with Crippen molar-refractivity contribution < 1.29 is 18.9 Å². The molecule has 0 radical (unpaired) electrons. The highest BCUT2D eigenvalue weighted by Gasteiger charge is 2.14. The summed E-state index contributed by atoms with van der Waals surface area (Å²) < 4.78 is 11.1. The zero-order valence-corrected chi connectivity index (χ0v) is 15.2. The predicted molar refractivity (Wildman–Crippen MR) is 108 cm³/mol. The molecule has 0 atom stereocenters. The summed E-state index contributed by atoms with van der Waals surface area (Å²) in [5.74, 6) is -0.0122. The maximum absolute atomic E-state index is 12.7. The number of fused-ring (bicyclic) bond motifs is 2. The van der Waals surface area contributed by atoms with Crippen LogP contribution in [-0.2, 0) is 0 Å². The lowest BCUT2D eigenvalue weighted by Gasteiger charge is -2.08. The number of ether oxygens (including phenoxy) is 1. The van der Waals surface area contributed by atoms with E-state index in [4.69, 9.17) is 9.15 Å². The van der Waals surface area contributed by atoms with Crippen molar-refractivity contribution in [1.82, 2.24) is 0 Å². The van der Waals surface area contributed by atoms with Gasteiger partial charge in [0.1, 0.15) is 5.58 Å². The van der Waals surface area contributed by atoms with Crippen molar-refractivity contribution in [2.75, 3.05) is 12.4 Å². The first-order valence-corrected chi connectivity index (χ1v) is 8.57. The van der Waals surface area contributed by atoms with Gasteiger partial charge < -0.3 is 14.5 Å². The third-order valence-electron chi connectivity index (χ3n) is 4.48. The Hall–Kier alpha value is -4.20. The van der Waals surface area contributed by atoms with E-state index in [-0.39, 0.29) is 16.7 Å². The van der Waals surface area contributed by atoms with Crippen molar-refractivity contribution in [2.45, 2.75) is 0 Å². The van der Waals surface area contributed by atoms with E-state index in [1.807, 2.05) is 0 Å². The number of amides is 1. The first-order chi connectivity index (χ1) is 14.0. The molecule has 1 aromatic heterocycles. The van der Waals surface area contributed by atoms with E-state index in [0.29, 0.717) is 33.4 Å². The Kier molecular flexibility index (Phi) is 4.44. The molecule has 4 aromatic rings. The van der Waals surface area contributed by atoms with Gasteiger partial charge in [0.15, 0.2) is 11.3 Å². The number of carbonyl (C=O) groups is 1. The number of anilines is 1. The minimum Gasteiger partial charge on any atom is -0.493 e. The molecule has 4 rings (SSSR count). The second-order valence-corrected chi connectivity index (χ2v) is 6.24. The van der Waals surface area contributed by atoms with Gasteiger partial charge in [0.2, 0.25) is 5.43 Å². The van der Waals surface area contributed by atoms with Crippen LogP contribution in [0.4, 0.5) is 11.4 Å². The summed E-state index contributed by atoms with van der Waals surface area (Å²) in [4.78, 5) is 35.3. The second-order valence-electron chi connectivity index (χ2n) is 6.24. The van der Waals surface area contributed by atoms with E-state index in [2.05, 4.69) is 5.32 Å². The lowest BCUT2D eigenvalue weighted by Crippen LogP contribution is -2.12. The Morgan fingerprint density at radius 3 is 2.52 bits per heavy atom. The van der Waals surface area contributed by atoms with Gasteiger partial charge >= 0.3 is 0 Å². The maximum atomic E-state index is 12.7. The lowest BCUT2D eigenvalue weighted by molar-refractivity contribution is -0.384. The van der Waals surface area contributed by atoms with Gasteiger partial charge in [-0.25, -0.2) is 0 Å². The summed E-state index contributed by atoms with van der Waals surface area (Å²) in [6.45, 7) is 0. The van der Waals surface area contributed by atoms with Crippen LogP contribution in [0.2, 0.25) is 0 Å². The number of nitrogens with one attached hydrogen (secondary N) is 1. The SMILES string of the molecule is COc1cccc2c(=O)c3ccc(NC(=O)c4ccc([N+](=O)[O-])cc4)cc3oc12. The Bertz CT molecular complexity index is 1330. The monoisotopic (exact) mass is 390 g/mol. The number of nitro groups is 1. The van der Waals surface area contributed by atoms with Gasteiger partial charge in [-0.05, 0) is 36.4 Å². The van der Waals surface area contributed by atoms with Crippen LogP contribution >= 0.6 is 0 Å². The number of para-hydroxylation sites is 1. The summed E-state index contributed by atoms with van der Waals surface area (Å²) in [6, 6.07) is 15.0. The summed E-state index contributed by atoms with van der Waals surface area (Å²) in [5.41, 5.74) is 0.999. The minimum absolute atomic E-state index is 0.102. The molecule has 0 unspecified atom stereocenters. The van der Waals surface area contributed by atoms with Crippen molar-refractivity contribution in [2.24, 2.45) is 0 Å². The van der Waals surface area contributed by atoms with E-state index in [1.54, 1.807) is 36.4 Å². The molecule has 0 spiro atoms. The third-order valence-corrected chi connectivity index (χ3v) is 4.48. The fourth-order valence-corrected chi connectivity index (χ4v) is 3.03. The van der Waals surface area contributed by atoms with Gasteiger partial charge in [0.05, 0.1) is 22.8 Å². The van der Waals surface area contributed by atoms with E-state index >= 15 is 0 Å². The van der Waals surface area contributed by atoms with Crippen LogP contribution in [0, 0.1) is 10.1 Å². The second kappa shape index (κ2) is 7.08. The molecule has 0 saturated carbocycles. The molecule has 0 aliphatic carbocycles. The number of hydrogen-bond acceptors (Lipinski definition) is 6. The van der Waals surface area contributed by atoms with Gasteiger partial charge in [-0.3, -0.25) is 19.7 Å².